The number of hydrogen-bond donors (Lipinski definition) is 0. The summed E-state index contributed by atoms with van der Waals surface area (Å²) >= 11 is 0. The second-order valence-corrected chi connectivity index (χ2v) is 2.90. The number of hydrogen-bond acceptors (Lipinski definition) is 1. The van der Waals surface area contributed by atoms with E-state index in [1.165, 1.54) is 19.5 Å². The Bertz CT molecular complexity index is 143. The zero-order valence-electron chi connectivity index (χ0n) is 6.64. The second-order valence-electron chi connectivity index (χ2n) is 2.90. The van der Waals surface area contributed by atoms with Gasteiger partial charge in [-0.05, 0) is 26.4 Å². The molecule has 1 heteroatoms. The van der Waals surface area contributed by atoms with Crippen molar-refractivity contribution in [3.63, 3.8) is 0 Å². The van der Waals surface area contributed by atoms with Crippen LogP contribution in [0.5, 0.6) is 0 Å². The highest BCUT2D eigenvalue weighted by Crippen LogP contribution is 2.04. The molecular weight excluding hydrogens is 122 g/mol. The molecule has 0 bridgehead atoms. The molecule has 10 heavy (non-hydrogen) atoms. The molecule has 0 aromatic rings. The van der Waals surface area contributed by atoms with Crippen LogP contribution in [0.2, 0.25) is 0 Å². The third-order valence-corrected chi connectivity index (χ3v) is 1.71. The minimum Gasteiger partial charge on any atom is -0.300 e. The van der Waals surface area contributed by atoms with E-state index in [0.29, 0.717) is 0 Å². The van der Waals surface area contributed by atoms with E-state index < -0.39 is 0 Å². The predicted octanol–water partition coefficient (Wildman–Crippen LogP) is 1.82. The minimum atomic E-state index is 1.10. The van der Waals surface area contributed by atoms with E-state index in [4.69, 9.17) is 0 Å². The highest BCUT2D eigenvalue weighted by Gasteiger charge is 2.10. The lowest BCUT2D eigenvalue weighted by Gasteiger charge is -2.29. The van der Waals surface area contributed by atoms with E-state index in [-0.39, 0.29) is 0 Å². The van der Waals surface area contributed by atoms with Crippen LogP contribution in [-0.4, -0.2) is 24.5 Å². The van der Waals surface area contributed by atoms with Crippen LogP contribution in [0, 0.1) is 0 Å². The van der Waals surface area contributed by atoms with Crippen molar-refractivity contribution in [1.82, 2.24) is 4.90 Å². The van der Waals surface area contributed by atoms with Gasteiger partial charge in [0, 0.05) is 6.54 Å². The van der Waals surface area contributed by atoms with Crippen molar-refractivity contribution in [2.24, 2.45) is 0 Å². The van der Waals surface area contributed by atoms with Crippen molar-refractivity contribution in [1.29, 1.82) is 0 Å². The molecule has 0 aromatic heterocycles. The monoisotopic (exact) mass is 137 g/mol. The zero-order chi connectivity index (χ0) is 7.40. The van der Waals surface area contributed by atoms with Gasteiger partial charge in [0.15, 0.2) is 0 Å². The van der Waals surface area contributed by atoms with Crippen molar-refractivity contribution < 1.29 is 0 Å². The van der Waals surface area contributed by atoms with Crippen LogP contribution >= 0.6 is 0 Å². The third-order valence-electron chi connectivity index (χ3n) is 1.71. The molecule has 0 atom stereocenters. The molecule has 1 rings (SSSR count). The first-order valence-electron chi connectivity index (χ1n) is 3.83. The molecular formula is C9H15N. The van der Waals surface area contributed by atoms with Crippen LogP contribution < -0.4 is 0 Å². The summed E-state index contributed by atoms with van der Waals surface area (Å²) in [6.45, 7) is 9.47. The van der Waals surface area contributed by atoms with E-state index >= 15 is 0 Å². The predicted molar refractivity (Wildman–Crippen MR) is 45.0 cm³/mol. The van der Waals surface area contributed by atoms with Crippen molar-refractivity contribution in [3.05, 3.63) is 24.3 Å². The van der Waals surface area contributed by atoms with Gasteiger partial charge in [0.05, 0.1) is 0 Å². The summed E-state index contributed by atoms with van der Waals surface area (Å²) in [5.41, 5.74) is 1.14. The smallest absolute Gasteiger partial charge is 0.0166 e. The summed E-state index contributed by atoms with van der Waals surface area (Å²) < 4.78 is 0. The first-order chi connectivity index (χ1) is 4.79. The summed E-state index contributed by atoms with van der Waals surface area (Å²) in [4.78, 5) is 2.42. The van der Waals surface area contributed by atoms with Crippen LogP contribution in [0.15, 0.2) is 24.3 Å². The van der Waals surface area contributed by atoms with Crippen molar-refractivity contribution in [3.8, 4) is 0 Å². The molecule has 1 aliphatic rings. The molecule has 1 fully saturated rings. The molecule has 0 unspecified atom stereocenters. The Hall–Kier alpha value is -0.560. The largest absolute Gasteiger partial charge is 0.300 e. The lowest BCUT2D eigenvalue weighted by Crippen LogP contribution is -2.36. The van der Waals surface area contributed by atoms with Gasteiger partial charge in [-0.2, -0.15) is 0 Å². The van der Waals surface area contributed by atoms with Gasteiger partial charge in [0.2, 0.25) is 0 Å². The molecule has 0 spiro atoms. The molecule has 0 amide bonds. The standard InChI is InChI=1S/C9H15N/c1-9(2)5-3-6-10-7-4-8-10/h3,5H,1,4,6-8H2,2H3/b5-3+. The van der Waals surface area contributed by atoms with E-state index in [9.17, 15) is 0 Å². The fraction of sp³-hybridized carbons (Fsp3) is 0.556. The van der Waals surface area contributed by atoms with Crippen molar-refractivity contribution in [2.45, 2.75) is 13.3 Å². The van der Waals surface area contributed by atoms with Gasteiger partial charge in [-0.25, -0.2) is 0 Å². The Labute approximate surface area is 63.0 Å². The molecule has 1 heterocycles. The summed E-state index contributed by atoms with van der Waals surface area (Å²) in [7, 11) is 0. The Morgan fingerprint density at radius 2 is 2.30 bits per heavy atom. The maximum Gasteiger partial charge on any atom is 0.0166 e. The Kier molecular flexibility index (Phi) is 2.69. The third kappa shape index (κ3) is 2.36. The van der Waals surface area contributed by atoms with Crippen LogP contribution in [0.1, 0.15) is 13.3 Å². The van der Waals surface area contributed by atoms with Crippen molar-refractivity contribution in [2.75, 3.05) is 19.6 Å². The maximum absolute atomic E-state index is 3.79. The Balaban J connectivity index is 2.08. The number of rotatable bonds is 3. The van der Waals surface area contributed by atoms with Crippen molar-refractivity contribution >= 4 is 0 Å². The molecule has 1 nitrogen and oxygen atoms in total. The number of likely N-dealkylation sites (tertiary alicyclic amines) is 1. The SMILES string of the molecule is C=C(C)/C=C/CN1CCC1. The quantitative estimate of drug-likeness (QED) is 0.536. The van der Waals surface area contributed by atoms with Crippen LogP contribution in [-0.2, 0) is 0 Å². The summed E-state index contributed by atoms with van der Waals surface area (Å²) in [5, 5.41) is 0. The average Bonchev–Trinajstić information content (AvgIpc) is 1.75. The van der Waals surface area contributed by atoms with Gasteiger partial charge in [0.25, 0.3) is 0 Å². The van der Waals surface area contributed by atoms with Gasteiger partial charge in [-0.15, -0.1) is 0 Å². The summed E-state index contributed by atoms with van der Waals surface area (Å²) in [6, 6.07) is 0. The lowest BCUT2D eigenvalue weighted by molar-refractivity contribution is 0.203. The van der Waals surface area contributed by atoms with Crippen LogP contribution in [0.4, 0.5) is 0 Å². The lowest BCUT2D eigenvalue weighted by atomic mass is 10.2. The van der Waals surface area contributed by atoms with E-state index in [1.807, 2.05) is 6.92 Å². The van der Waals surface area contributed by atoms with Gasteiger partial charge >= 0.3 is 0 Å². The average molecular weight is 137 g/mol. The normalized spacial score (nSPS) is 19.3. The summed E-state index contributed by atoms with van der Waals surface area (Å²) in [6.07, 6.45) is 5.64. The van der Waals surface area contributed by atoms with E-state index in [1.54, 1.807) is 0 Å². The zero-order valence-corrected chi connectivity index (χ0v) is 6.64. The molecule has 1 saturated heterocycles. The fourth-order valence-corrected chi connectivity index (χ4v) is 0.967. The van der Waals surface area contributed by atoms with Gasteiger partial charge < -0.3 is 0 Å². The first-order valence-corrected chi connectivity index (χ1v) is 3.83. The van der Waals surface area contributed by atoms with Crippen LogP contribution in [0.3, 0.4) is 0 Å². The molecule has 0 radical (unpaired) electrons. The second kappa shape index (κ2) is 3.57. The van der Waals surface area contributed by atoms with Gasteiger partial charge in [-0.3, -0.25) is 4.90 Å². The first kappa shape index (κ1) is 7.55. The molecule has 0 aliphatic carbocycles. The molecule has 56 valence electrons. The van der Waals surface area contributed by atoms with E-state index in [0.717, 1.165) is 12.1 Å². The summed E-state index contributed by atoms with van der Waals surface area (Å²) in [5.74, 6) is 0. The molecule has 0 aromatic carbocycles. The number of nitrogens with zero attached hydrogens (tertiary/aromatic N) is 1. The van der Waals surface area contributed by atoms with Gasteiger partial charge in [0.1, 0.15) is 0 Å². The molecule has 0 saturated carbocycles. The topological polar surface area (TPSA) is 3.24 Å². The Morgan fingerprint density at radius 3 is 2.70 bits per heavy atom. The minimum absolute atomic E-state index is 1.10. The Morgan fingerprint density at radius 1 is 1.60 bits per heavy atom. The maximum atomic E-state index is 3.79. The highest BCUT2D eigenvalue weighted by atomic mass is 15.2. The number of allylic oxidation sites excluding steroid dienone is 2. The molecule has 1 aliphatic heterocycles. The fourth-order valence-electron chi connectivity index (χ4n) is 0.967. The van der Waals surface area contributed by atoms with E-state index in [2.05, 4.69) is 23.6 Å². The highest BCUT2D eigenvalue weighted by molar-refractivity contribution is 5.11. The van der Waals surface area contributed by atoms with Crippen LogP contribution in [0.25, 0.3) is 0 Å². The van der Waals surface area contributed by atoms with Gasteiger partial charge in [-0.1, -0.05) is 24.3 Å². The molecule has 0 N–H and O–H groups in total.